The van der Waals surface area contributed by atoms with Gasteiger partial charge in [-0.25, -0.2) is 0 Å². The van der Waals surface area contributed by atoms with Crippen LogP contribution in [0.1, 0.15) is 51.4 Å². The minimum Gasteiger partial charge on any atom is -0.381 e. The summed E-state index contributed by atoms with van der Waals surface area (Å²) in [6.07, 6.45) is 15.7. The summed E-state index contributed by atoms with van der Waals surface area (Å²) in [4.78, 5) is -2.86. The molecule has 3 fully saturated rings. The molecule has 0 aromatic carbocycles. The largest absolute Gasteiger partial charge is 0.381 e. The molecule has 2 spiro atoms. The molecule has 43 heavy (non-hydrogen) atoms. The molecule has 242 valence electrons. The lowest BCUT2D eigenvalue weighted by Crippen LogP contribution is -2.45. The molecule has 4 atom stereocenters. The predicted octanol–water partition coefficient (Wildman–Crippen LogP) is 8.08. The van der Waals surface area contributed by atoms with Crippen LogP contribution in [0.2, 0.25) is 0 Å². The zero-order valence-corrected chi connectivity index (χ0v) is 28.7. The lowest BCUT2D eigenvalue weighted by atomic mass is 9.78. The number of rotatable bonds is 10. The van der Waals surface area contributed by atoms with Gasteiger partial charge in [-0.15, -0.1) is 23.2 Å². The van der Waals surface area contributed by atoms with E-state index >= 15 is 0 Å². The third-order valence-corrected chi connectivity index (χ3v) is 14.6. The first-order valence-electron chi connectivity index (χ1n) is 15.3. The van der Waals surface area contributed by atoms with Gasteiger partial charge < -0.3 is 28.4 Å². The highest BCUT2D eigenvalue weighted by Crippen LogP contribution is 2.76. The first-order chi connectivity index (χ1) is 20.6. The Kier molecular flexibility index (Phi) is 10.4. The quantitative estimate of drug-likeness (QED) is 0.129. The summed E-state index contributed by atoms with van der Waals surface area (Å²) in [5, 5.41) is 0.309. The van der Waals surface area contributed by atoms with Crippen LogP contribution in [0.5, 0.6) is 0 Å². The summed E-state index contributed by atoms with van der Waals surface area (Å²) >= 11 is 41.4. The molecule has 2 aliphatic heterocycles. The minimum atomic E-state index is -1.67. The van der Waals surface area contributed by atoms with E-state index in [0.717, 1.165) is 38.5 Å². The molecule has 6 aliphatic rings. The number of hydrogen-bond acceptors (Lipinski definition) is 6. The molecule has 4 aliphatic carbocycles. The van der Waals surface area contributed by atoms with Gasteiger partial charge in [0.25, 0.3) is 0 Å². The minimum absolute atomic E-state index is 0.0961. The normalized spacial score (nSPS) is 39.3. The Balaban J connectivity index is 1.01. The fourth-order valence-corrected chi connectivity index (χ4v) is 10.5. The molecule has 12 heteroatoms. The van der Waals surface area contributed by atoms with Crippen LogP contribution < -0.4 is 0 Å². The highest BCUT2D eigenvalue weighted by atomic mass is 35.5. The fraction of sp³-hybridized carbons (Fsp3) is 0.806. The lowest BCUT2D eigenvalue weighted by molar-refractivity contribution is -0.237. The molecule has 6 rings (SSSR count). The van der Waals surface area contributed by atoms with Crippen LogP contribution in [-0.4, -0.2) is 79.5 Å². The van der Waals surface area contributed by atoms with E-state index in [4.69, 9.17) is 98.0 Å². The van der Waals surface area contributed by atoms with Crippen molar-refractivity contribution in [3.05, 3.63) is 34.4 Å². The highest BCUT2D eigenvalue weighted by Gasteiger charge is 2.82. The van der Waals surface area contributed by atoms with Crippen LogP contribution >= 0.6 is 69.6 Å². The van der Waals surface area contributed by atoms with Gasteiger partial charge in [0.05, 0.1) is 62.9 Å². The standard InChI is InChI=1S/C31H40Cl6O6/c32-25-26(33)30(35)22(16-39-14-8-24-42-19-28(20-43-24)11-5-2-6-12-28)21(29(25,34)31(30,36)37)15-38-13-7-23-40-17-27(18-41-23)9-3-1-4-10-27/h1-3,5,21-24H,4,6-20H2. The van der Waals surface area contributed by atoms with Gasteiger partial charge >= 0.3 is 0 Å². The number of hydrogen-bond donors (Lipinski definition) is 0. The Bertz CT molecular complexity index is 1020. The summed E-state index contributed by atoms with van der Waals surface area (Å²) in [6, 6.07) is 0. The highest BCUT2D eigenvalue weighted by molar-refractivity contribution is 6.65. The third kappa shape index (κ3) is 5.99. The average molecular weight is 721 g/mol. The Labute approximate surface area is 284 Å². The van der Waals surface area contributed by atoms with Crippen LogP contribution in [0.3, 0.4) is 0 Å². The predicted molar refractivity (Wildman–Crippen MR) is 170 cm³/mol. The van der Waals surface area contributed by atoms with Crippen molar-refractivity contribution in [2.75, 3.05) is 52.9 Å². The maximum atomic E-state index is 7.14. The van der Waals surface area contributed by atoms with Gasteiger partial charge in [-0.05, 0) is 38.5 Å². The van der Waals surface area contributed by atoms with Crippen LogP contribution in [0, 0.1) is 22.7 Å². The second-order valence-electron chi connectivity index (χ2n) is 13.1. The molecule has 2 saturated heterocycles. The van der Waals surface area contributed by atoms with Crippen molar-refractivity contribution in [3.63, 3.8) is 0 Å². The summed E-state index contributed by atoms with van der Waals surface area (Å²) in [5.41, 5.74) is 0.192. The Morgan fingerprint density at radius 2 is 1.02 bits per heavy atom. The average Bonchev–Trinajstić information content (AvgIpc) is 3.21. The van der Waals surface area contributed by atoms with Gasteiger partial charge in [0, 0.05) is 35.5 Å². The van der Waals surface area contributed by atoms with E-state index < -0.39 is 25.9 Å². The maximum absolute atomic E-state index is 7.14. The summed E-state index contributed by atoms with van der Waals surface area (Å²) < 4.78 is 34.8. The lowest BCUT2D eigenvalue weighted by Gasteiger charge is -2.41. The number of ether oxygens (including phenoxy) is 6. The SMILES string of the molecule is ClC1=C(Cl)C2(Cl)C(COCCC3OCC4(CC=CCC4)CO3)C(COCCC3OCC4(CC=CCC4)CO3)C1(Cl)C2(Cl)Cl. The number of halogens is 6. The van der Waals surface area contributed by atoms with Crippen molar-refractivity contribution in [1.29, 1.82) is 0 Å². The van der Waals surface area contributed by atoms with Crippen molar-refractivity contribution >= 4 is 69.6 Å². The number of alkyl halides is 4. The van der Waals surface area contributed by atoms with Crippen LogP contribution in [0.4, 0.5) is 0 Å². The van der Waals surface area contributed by atoms with E-state index in [-0.39, 0.29) is 46.7 Å². The molecule has 0 radical (unpaired) electrons. The molecule has 0 aromatic heterocycles. The van der Waals surface area contributed by atoms with Crippen LogP contribution in [0.25, 0.3) is 0 Å². The fourth-order valence-electron chi connectivity index (χ4n) is 7.45. The molecule has 2 bridgehead atoms. The van der Waals surface area contributed by atoms with E-state index in [1.54, 1.807) is 0 Å². The van der Waals surface area contributed by atoms with Gasteiger partial charge in [-0.1, -0.05) is 70.7 Å². The van der Waals surface area contributed by atoms with Gasteiger partial charge in [0.15, 0.2) is 16.9 Å². The summed E-state index contributed by atoms with van der Waals surface area (Å²) in [7, 11) is 0. The van der Waals surface area contributed by atoms with Gasteiger partial charge in [0.1, 0.15) is 9.75 Å². The molecule has 0 aromatic rings. The van der Waals surface area contributed by atoms with Crippen LogP contribution in [0.15, 0.2) is 34.4 Å². The van der Waals surface area contributed by atoms with Crippen LogP contribution in [-0.2, 0) is 28.4 Å². The third-order valence-electron chi connectivity index (χ3n) is 10.3. The molecule has 2 heterocycles. The monoisotopic (exact) mass is 718 g/mol. The van der Waals surface area contributed by atoms with E-state index in [1.165, 1.54) is 0 Å². The van der Waals surface area contributed by atoms with Crippen molar-refractivity contribution in [1.82, 2.24) is 0 Å². The molecule has 0 amide bonds. The Hall–Kier alpha value is 0.720. The van der Waals surface area contributed by atoms with E-state index in [2.05, 4.69) is 24.3 Å². The Morgan fingerprint density at radius 3 is 1.37 bits per heavy atom. The van der Waals surface area contributed by atoms with Crippen molar-refractivity contribution in [3.8, 4) is 0 Å². The maximum Gasteiger partial charge on any atom is 0.167 e. The van der Waals surface area contributed by atoms with Crippen molar-refractivity contribution in [2.24, 2.45) is 22.7 Å². The smallest absolute Gasteiger partial charge is 0.167 e. The second-order valence-corrected chi connectivity index (χ2v) is 16.4. The number of allylic oxidation sites excluding steroid dienone is 6. The van der Waals surface area contributed by atoms with E-state index in [1.807, 2.05) is 0 Å². The topological polar surface area (TPSA) is 55.4 Å². The summed E-state index contributed by atoms with van der Waals surface area (Å²) in [5.74, 6) is -0.910. The first-order valence-corrected chi connectivity index (χ1v) is 17.6. The van der Waals surface area contributed by atoms with Crippen molar-refractivity contribution in [2.45, 2.75) is 78.0 Å². The van der Waals surface area contributed by atoms with E-state index in [9.17, 15) is 0 Å². The molecule has 6 nitrogen and oxygen atoms in total. The molecule has 4 unspecified atom stereocenters. The van der Waals surface area contributed by atoms with Gasteiger partial charge in [0.2, 0.25) is 0 Å². The molecular formula is C31H40Cl6O6. The number of fused-ring (bicyclic) bond motifs is 2. The zero-order chi connectivity index (χ0) is 30.3. The molecule has 1 saturated carbocycles. The molecular weight excluding hydrogens is 681 g/mol. The van der Waals surface area contributed by atoms with Crippen molar-refractivity contribution < 1.29 is 28.4 Å². The van der Waals surface area contributed by atoms with Gasteiger partial charge in [-0.2, -0.15) is 0 Å². The molecule has 0 N–H and O–H groups in total. The first kappa shape index (κ1) is 33.6. The second kappa shape index (κ2) is 13.3. The van der Waals surface area contributed by atoms with E-state index in [0.29, 0.717) is 52.5 Å². The summed E-state index contributed by atoms with van der Waals surface area (Å²) in [6.45, 7) is 3.98. The zero-order valence-electron chi connectivity index (χ0n) is 24.1. The Morgan fingerprint density at radius 1 is 0.628 bits per heavy atom. The van der Waals surface area contributed by atoms with Gasteiger partial charge in [-0.3, -0.25) is 0 Å².